The Hall–Kier alpha value is -1.83. The number of nitrogens with zero attached hydrogens (tertiary/aromatic N) is 2. The standard InChI is InChI=1S/C14H14N2O2/c1-16-5-4-10-9(6-15)2-3-12-14(10)11(7-16)13(8-17)18-12/h2-3,17H,4-5,7-8H2,1H3. The lowest BCUT2D eigenvalue weighted by Crippen LogP contribution is -2.19. The van der Waals surface area contributed by atoms with Gasteiger partial charge in [0.2, 0.25) is 0 Å². The van der Waals surface area contributed by atoms with Gasteiger partial charge < -0.3 is 14.4 Å². The van der Waals surface area contributed by atoms with E-state index in [1.165, 1.54) is 0 Å². The van der Waals surface area contributed by atoms with Crippen molar-refractivity contribution in [1.82, 2.24) is 4.90 Å². The second-order valence-electron chi connectivity index (χ2n) is 4.73. The van der Waals surface area contributed by atoms with Crippen molar-refractivity contribution in [1.29, 1.82) is 5.26 Å². The number of hydrogen-bond donors (Lipinski definition) is 1. The quantitative estimate of drug-likeness (QED) is 0.828. The Bertz CT molecular complexity index is 652. The van der Waals surface area contributed by atoms with Crippen LogP contribution in [0.4, 0.5) is 0 Å². The Morgan fingerprint density at radius 2 is 2.28 bits per heavy atom. The zero-order chi connectivity index (χ0) is 12.7. The van der Waals surface area contributed by atoms with Crippen LogP contribution in [0.2, 0.25) is 0 Å². The third kappa shape index (κ3) is 1.52. The molecule has 92 valence electrons. The third-order valence-electron chi connectivity index (χ3n) is 3.58. The SMILES string of the molecule is CN1CCc2c(C#N)ccc3oc(CO)c(c23)C1. The van der Waals surface area contributed by atoms with E-state index >= 15 is 0 Å². The van der Waals surface area contributed by atoms with Crippen LogP contribution in [0.25, 0.3) is 11.0 Å². The Kier molecular flexibility index (Phi) is 2.58. The number of hydrogen-bond acceptors (Lipinski definition) is 4. The Morgan fingerprint density at radius 3 is 3.00 bits per heavy atom. The van der Waals surface area contributed by atoms with Crippen molar-refractivity contribution >= 4 is 11.0 Å². The number of rotatable bonds is 1. The molecule has 0 saturated heterocycles. The summed E-state index contributed by atoms with van der Waals surface area (Å²) in [5.74, 6) is 0.620. The average molecular weight is 242 g/mol. The number of aliphatic hydroxyl groups excluding tert-OH is 1. The number of nitriles is 1. The molecule has 0 amide bonds. The minimum absolute atomic E-state index is 0.0980. The van der Waals surface area contributed by atoms with E-state index in [2.05, 4.69) is 11.0 Å². The third-order valence-corrected chi connectivity index (χ3v) is 3.58. The monoisotopic (exact) mass is 242 g/mol. The summed E-state index contributed by atoms with van der Waals surface area (Å²) in [5.41, 5.74) is 3.57. The molecule has 1 N–H and O–H groups in total. The van der Waals surface area contributed by atoms with Gasteiger partial charge in [0.25, 0.3) is 0 Å². The van der Waals surface area contributed by atoms with Gasteiger partial charge >= 0.3 is 0 Å². The predicted molar refractivity (Wildman–Crippen MR) is 66.9 cm³/mol. The van der Waals surface area contributed by atoms with Crippen LogP contribution in [0, 0.1) is 11.3 Å². The second-order valence-corrected chi connectivity index (χ2v) is 4.73. The fourth-order valence-electron chi connectivity index (χ4n) is 2.69. The van der Waals surface area contributed by atoms with E-state index in [0.29, 0.717) is 11.3 Å². The topological polar surface area (TPSA) is 60.4 Å². The van der Waals surface area contributed by atoms with Crippen molar-refractivity contribution in [3.05, 3.63) is 34.6 Å². The summed E-state index contributed by atoms with van der Waals surface area (Å²) in [7, 11) is 2.04. The first-order valence-electron chi connectivity index (χ1n) is 6.00. The second kappa shape index (κ2) is 4.13. The van der Waals surface area contributed by atoms with Crippen molar-refractivity contribution in [3.8, 4) is 6.07 Å². The largest absolute Gasteiger partial charge is 0.458 e. The highest BCUT2D eigenvalue weighted by Gasteiger charge is 2.23. The molecule has 0 aliphatic carbocycles. The van der Waals surface area contributed by atoms with Gasteiger partial charge in [-0.15, -0.1) is 0 Å². The van der Waals surface area contributed by atoms with E-state index in [1.807, 2.05) is 13.1 Å². The molecular formula is C14H14N2O2. The maximum absolute atomic E-state index is 9.39. The summed E-state index contributed by atoms with van der Waals surface area (Å²) < 4.78 is 5.68. The van der Waals surface area contributed by atoms with Gasteiger partial charge in [-0.25, -0.2) is 0 Å². The zero-order valence-electron chi connectivity index (χ0n) is 10.2. The molecule has 1 aromatic heterocycles. The normalized spacial score (nSPS) is 15.6. The van der Waals surface area contributed by atoms with E-state index in [1.54, 1.807) is 6.07 Å². The van der Waals surface area contributed by atoms with Crippen LogP contribution in [0.3, 0.4) is 0 Å². The molecule has 0 atom stereocenters. The number of furan rings is 1. The van der Waals surface area contributed by atoms with Gasteiger partial charge in [-0.1, -0.05) is 0 Å². The number of likely N-dealkylation sites (N-methyl/N-ethyl adjacent to an activating group) is 1. The maximum atomic E-state index is 9.39. The molecule has 2 heterocycles. The fourth-order valence-corrected chi connectivity index (χ4v) is 2.69. The summed E-state index contributed by atoms with van der Waals surface area (Å²) in [6.07, 6.45) is 0.841. The highest BCUT2D eigenvalue weighted by atomic mass is 16.4. The van der Waals surface area contributed by atoms with Crippen molar-refractivity contribution in [3.63, 3.8) is 0 Å². The predicted octanol–water partition coefficient (Wildman–Crippen LogP) is 1.78. The first-order chi connectivity index (χ1) is 8.74. The molecule has 18 heavy (non-hydrogen) atoms. The number of benzene rings is 1. The fraction of sp³-hybridized carbons (Fsp3) is 0.357. The van der Waals surface area contributed by atoms with Gasteiger partial charge in [0.05, 0.1) is 11.6 Å². The van der Waals surface area contributed by atoms with Crippen LogP contribution in [0.1, 0.15) is 22.5 Å². The molecule has 1 aliphatic rings. The molecule has 3 rings (SSSR count). The van der Waals surface area contributed by atoms with E-state index in [9.17, 15) is 10.4 Å². The maximum Gasteiger partial charge on any atom is 0.135 e. The Balaban J connectivity index is 2.37. The number of aliphatic hydroxyl groups is 1. The molecule has 0 fully saturated rings. The smallest absolute Gasteiger partial charge is 0.135 e. The van der Waals surface area contributed by atoms with Gasteiger partial charge in [-0.05, 0) is 31.2 Å². The summed E-state index contributed by atoms with van der Waals surface area (Å²) >= 11 is 0. The molecule has 1 aromatic carbocycles. The lowest BCUT2D eigenvalue weighted by Gasteiger charge is -2.13. The van der Waals surface area contributed by atoms with E-state index < -0.39 is 0 Å². The molecule has 0 unspecified atom stereocenters. The van der Waals surface area contributed by atoms with Crippen LogP contribution in [-0.2, 0) is 19.6 Å². The van der Waals surface area contributed by atoms with Gasteiger partial charge in [0.15, 0.2) is 0 Å². The lowest BCUT2D eigenvalue weighted by atomic mass is 9.99. The minimum atomic E-state index is -0.0980. The highest BCUT2D eigenvalue weighted by Crippen LogP contribution is 2.34. The van der Waals surface area contributed by atoms with Gasteiger partial charge in [0, 0.05) is 24.0 Å². The molecule has 4 nitrogen and oxygen atoms in total. The summed E-state index contributed by atoms with van der Waals surface area (Å²) in [5, 5.41) is 19.6. The van der Waals surface area contributed by atoms with E-state index in [0.717, 1.165) is 41.6 Å². The molecule has 0 radical (unpaired) electrons. The molecule has 0 bridgehead atoms. The van der Waals surface area contributed by atoms with Gasteiger partial charge in [-0.3, -0.25) is 0 Å². The summed E-state index contributed by atoms with van der Waals surface area (Å²) in [6, 6.07) is 5.87. The van der Waals surface area contributed by atoms with Crippen molar-refractivity contribution < 1.29 is 9.52 Å². The molecular weight excluding hydrogens is 228 g/mol. The minimum Gasteiger partial charge on any atom is -0.458 e. The Labute approximate surface area is 105 Å². The molecule has 0 spiro atoms. The van der Waals surface area contributed by atoms with E-state index in [-0.39, 0.29) is 6.61 Å². The van der Waals surface area contributed by atoms with Crippen molar-refractivity contribution in [2.45, 2.75) is 19.6 Å². The zero-order valence-corrected chi connectivity index (χ0v) is 10.2. The van der Waals surface area contributed by atoms with Crippen molar-refractivity contribution in [2.24, 2.45) is 0 Å². The van der Waals surface area contributed by atoms with Gasteiger partial charge in [-0.2, -0.15) is 5.26 Å². The van der Waals surface area contributed by atoms with Gasteiger partial charge in [0.1, 0.15) is 18.0 Å². The first kappa shape index (κ1) is 11.3. The molecule has 4 heteroatoms. The van der Waals surface area contributed by atoms with Crippen molar-refractivity contribution in [2.75, 3.05) is 13.6 Å². The average Bonchev–Trinajstić information content (AvgIpc) is 2.63. The highest BCUT2D eigenvalue weighted by molar-refractivity contribution is 5.88. The summed E-state index contributed by atoms with van der Waals surface area (Å²) in [6.45, 7) is 1.57. The summed E-state index contributed by atoms with van der Waals surface area (Å²) in [4.78, 5) is 2.19. The lowest BCUT2D eigenvalue weighted by molar-refractivity contribution is 0.244. The van der Waals surface area contributed by atoms with Crippen LogP contribution in [0.15, 0.2) is 16.5 Å². The molecule has 1 aliphatic heterocycles. The van der Waals surface area contributed by atoms with Crippen LogP contribution in [0.5, 0.6) is 0 Å². The molecule has 2 aromatic rings. The first-order valence-corrected chi connectivity index (χ1v) is 6.00. The van der Waals surface area contributed by atoms with E-state index in [4.69, 9.17) is 4.42 Å². The Morgan fingerprint density at radius 1 is 1.44 bits per heavy atom. The van der Waals surface area contributed by atoms with Crippen LogP contribution < -0.4 is 0 Å². The molecule has 0 saturated carbocycles. The van der Waals surface area contributed by atoms with Crippen LogP contribution in [-0.4, -0.2) is 23.6 Å². The van der Waals surface area contributed by atoms with Crippen LogP contribution >= 0.6 is 0 Å².